The van der Waals surface area contributed by atoms with Crippen LogP contribution in [0.5, 0.6) is 5.75 Å². The van der Waals surface area contributed by atoms with Gasteiger partial charge in [0.25, 0.3) is 0 Å². The van der Waals surface area contributed by atoms with Gasteiger partial charge in [-0.2, -0.15) is 0 Å². The van der Waals surface area contributed by atoms with Crippen LogP contribution in [0.15, 0.2) is 35.6 Å². The first kappa shape index (κ1) is 23.4. The number of halogens is 1. The van der Waals surface area contributed by atoms with E-state index in [0.717, 1.165) is 37.2 Å². The Morgan fingerprint density at radius 3 is 2.48 bits per heavy atom. The fraction of sp³-hybridized carbons (Fsp3) is 0.550. The van der Waals surface area contributed by atoms with Crippen LogP contribution in [0.3, 0.4) is 0 Å². The fourth-order valence-corrected chi connectivity index (χ4v) is 3.56. The number of likely N-dealkylation sites (tertiary alicyclic amines) is 1. The normalized spacial score (nSPS) is 16.0. The van der Waals surface area contributed by atoms with E-state index in [1.54, 1.807) is 20.5 Å². The van der Waals surface area contributed by atoms with E-state index in [0.29, 0.717) is 12.6 Å². The van der Waals surface area contributed by atoms with Gasteiger partial charge in [-0.05, 0) is 43.6 Å². The monoisotopic (exact) mass is 513 g/mol. The van der Waals surface area contributed by atoms with Crippen molar-refractivity contribution >= 4 is 29.9 Å². The smallest absolute Gasteiger partial charge is 0.191 e. The number of hydrogen-bond donors (Lipinski definition) is 2. The molecule has 1 atom stereocenters. The van der Waals surface area contributed by atoms with Gasteiger partial charge < -0.3 is 19.9 Å². The molecule has 1 saturated heterocycles. The number of ether oxygens (including phenoxy) is 1. The van der Waals surface area contributed by atoms with Crippen molar-refractivity contribution in [1.29, 1.82) is 0 Å². The van der Waals surface area contributed by atoms with Crippen molar-refractivity contribution in [2.45, 2.75) is 31.8 Å². The number of aromatic nitrogens is 3. The Bertz CT molecular complexity index is 756. The van der Waals surface area contributed by atoms with Crippen LogP contribution in [0.25, 0.3) is 0 Å². The zero-order valence-electron chi connectivity index (χ0n) is 17.5. The summed E-state index contributed by atoms with van der Waals surface area (Å²) in [4.78, 5) is 6.92. The van der Waals surface area contributed by atoms with Gasteiger partial charge in [-0.1, -0.05) is 18.6 Å². The van der Waals surface area contributed by atoms with Crippen LogP contribution in [-0.2, 0) is 13.6 Å². The van der Waals surface area contributed by atoms with E-state index in [2.05, 4.69) is 42.9 Å². The van der Waals surface area contributed by atoms with Gasteiger partial charge in [-0.3, -0.25) is 9.89 Å². The number of guanidine groups is 1. The molecule has 1 fully saturated rings. The number of methoxy groups -OCH3 is 1. The summed E-state index contributed by atoms with van der Waals surface area (Å²) < 4.78 is 7.21. The second kappa shape index (κ2) is 12.0. The van der Waals surface area contributed by atoms with E-state index in [-0.39, 0.29) is 24.0 Å². The first-order chi connectivity index (χ1) is 13.7. The van der Waals surface area contributed by atoms with Crippen LogP contribution in [0.1, 0.15) is 36.7 Å². The number of hydrogen-bond acceptors (Lipinski definition) is 5. The first-order valence-electron chi connectivity index (χ1n) is 9.86. The molecule has 0 saturated carbocycles. The second-order valence-electron chi connectivity index (χ2n) is 7.05. The molecule has 1 aromatic heterocycles. The molecule has 1 aliphatic rings. The van der Waals surface area contributed by atoms with E-state index in [1.165, 1.54) is 24.8 Å². The highest BCUT2D eigenvalue weighted by molar-refractivity contribution is 14.0. The van der Waals surface area contributed by atoms with Crippen LogP contribution in [0.2, 0.25) is 0 Å². The maximum atomic E-state index is 5.32. The molecule has 3 rings (SSSR count). The Labute approximate surface area is 190 Å². The molecule has 8 nitrogen and oxygen atoms in total. The zero-order chi connectivity index (χ0) is 19.8. The van der Waals surface area contributed by atoms with Crippen molar-refractivity contribution in [3.05, 3.63) is 42.0 Å². The van der Waals surface area contributed by atoms with Crippen molar-refractivity contribution < 1.29 is 4.74 Å². The molecule has 0 spiro atoms. The topological polar surface area (TPSA) is 79.6 Å². The third kappa shape index (κ3) is 6.56. The number of nitrogens with one attached hydrogen (secondary N) is 2. The summed E-state index contributed by atoms with van der Waals surface area (Å²) in [6.07, 6.45) is 5.53. The number of aliphatic imine (C=N–C) groups is 1. The summed E-state index contributed by atoms with van der Waals surface area (Å²) in [5, 5.41) is 14.8. The van der Waals surface area contributed by atoms with Crippen molar-refractivity contribution in [1.82, 2.24) is 30.3 Å². The largest absolute Gasteiger partial charge is 0.497 e. The van der Waals surface area contributed by atoms with Gasteiger partial charge in [0.2, 0.25) is 0 Å². The zero-order valence-corrected chi connectivity index (χ0v) is 19.8. The maximum absolute atomic E-state index is 5.32. The molecule has 1 unspecified atom stereocenters. The van der Waals surface area contributed by atoms with Crippen LogP contribution < -0.4 is 15.4 Å². The minimum absolute atomic E-state index is 0. The lowest BCUT2D eigenvalue weighted by Crippen LogP contribution is -2.44. The minimum Gasteiger partial charge on any atom is -0.497 e. The summed E-state index contributed by atoms with van der Waals surface area (Å²) in [6, 6.07) is 8.69. The van der Waals surface area contributed by atoms with Gasteiger partial charge in [-0.15, -0.1) is 34.2 Å². The third-order valence-corrected chi connectivity index (χ3v) is 5.24. The Morgan fingerprint density at radius 1 is 1.17 bits per heavy atom. The predicted octanol–water partition coefficient (Wildman–Crippen LogP) is 2.33. The Morgan fingerprint density at radius 2 is 1.90 bits per heavy atom. The summed E-state index contributed by atoms with van der Waals surface area (Å²) in [7, 11) is 5.42. The van der Waals surface area contributed by atoms with E-state index in [9.17, 15) is 0 Å². The first-order valence-corrected chi connectivity index (χ1v) is 9.86. The summed E-state index contributed by atoms with van der Waals surface area (Å²) in [6.45, 7) is 3.62. The van der Waals surface area contributed by atoms with Gasteiger partial charge in [0.15, 0.2) is 11.8 Å². The SMILES string of the molecule is CN=C(NCc1nncn1C)NCC(c1ccc(OC)cc1)N1CCCCC1.I. The molecule has 2 N–H and O–H groups in total. The van der Waals surface area contributed by atoms with Crippen LogP contribution in [0.4, 0.5) is 0 Å². The van der Waals surface area contributed by atoms with Gasteiger partial charge in [-0.25, -0.2) is 0 Å². The molecule has 0 bridgehead atoms. The molecule has 2 heterocycles. The molecule has 9 heteroatoms. The van der Waals surface area contributed by atoms with Crippen molar-refractivity contribution in [2.24, 2.45) is 12.0 Å². The minimum atomic E-state index is 0. The highest BCUT2D eigenvalue weighted by Crippen LogP contribution is 2.25. The molecular formula is C20H32IN7O. The lowest BCUT2D eigenvalue weighted by atomic mass is 10.0. The number of nitrogens with zero attached hydrogens (tertiary/aromatic N) is 5. The number of benzene rings is 1. The van der Waals surface area contributed by atoms with Crippen molar-refractivity contribution in [3.8, 4) is 5.75 Å². The number of rotatable bonds is 7. The summed E-state index contributed by atoms with van der Waals surface area (Å²) in [5.74, 6) is 2.51. The van der Waals surface area contributed by atoms with E-state index in [4.69, 9.17) is 4.74 Å². The Hall–Kier alpha value is -1.88. The van der Waals surface area contributed by atoms with Gasteiger partial charge in [0.1, 0.15) is 12.1 Å². The molecule has 1 aromatic carbocycles. The molecule has 160 valence electrons. The van der Waals surface area contributed by atoms with Crippen LogP contribution >= 0.6 is 24.0 Å². The molecule has 0 amide bonds. The van der Waals surface area contributed by atoms with Gasteiger partial charge in [0.05, 0.1) is 19.7 Å². The van der Waals surface area contributed by atoms with Crippen molar-refractivity contribution in [3.63, 3.8) is 0 Å². The second-order valence-corrected chi connectivity index (χ2v) is 7.05. The van der Waals surface area contributed by atoms with E-state index < -0.39 is 0 Å². The summed E-state index contributed by atoms with van der Waals surface area (Å²) in [5.41, 5.74) is 1.29. The number of piperidine rings is 1. The van der Waals surface area contributed by atoms with E-state index >= 15 is 0 Å². The van der Waals surface area contributed by atoms with E-state index in [1.807, 2.05) is 23.7 Å². The highest BCUT2D eigenvalue weighted by Gasteiger charge is 2.22. The summed E-state index contributed by atoms with van der Waals surface area (Å²) >= 11 is 0. The molecule has 0 aliphatic carbocycles. The molecule has 2 aromatic rings. The Kier molecular flexibility index (Phi) is 9.65. The number of aryl methyl sites for hydroxylation is 1. The van der Waals surface area contributed by atoms with Crippen LogP contribution in [-0.4, -0.2) is 59.4 Å². The lowest BCUT2D eigenvalue weighted by molar-refractivity contribution is 0.164. The average Bonchev–Trinajstić information content (AvgIpc) is 3.16. The Balaban J connectivity index is 0.00000300. The van der Waals surface area contributed by atoms with Crippen molar-refractivity contribution in [2.75, 3.05) is 33.8 Å². The fourth-order valence-electron chi connectivity index (χ4n) is 3.56. The molecule has 1 aliphatic heterocycles. The van der Waals surface area contributed by atoms with Gasteiger partial charge in [0, 0.05) is 20.6 Å². The maximum Gasteiger partial charge on any atom is 0.191 e. The molecule has 0 radical (unpaired) electrons. The molecule has 29 heavy (non-hydrogen) atoms. The average molecular weight is 513 g/mol. The quantitative estimate of drug-likeness (QED) is 0.336. The molecular weight excluding hydrogens is 481 g/mol. The lowest BCUT2D eigenvalue weighted by Gasteiger charge is -2.35. The van der Waals surface area contributed by atoms with Crippen LogP contribution in [0, 0.1) is 0 Å². The predicted molar refractivity (Wildman–Crippen MR) is 126 cm³/mol. The standard InChI is InChI=1S/C20H31N7O.HI/c1-21-20(23-14-19-25-24-15-26(19)2)22-13-18(27-11-5-4-6-12-27)16-7-9-17(28-3)10-8-16;/h7-10,15,18H,4-6,11-14H2,1-3H3,(H2,21,22,23);1H. The third-order valence-electron chi connectivity index (χ3n) is 5.24. The van der Waals surface area contributed by atoms with Gasteiger partial charge >= 0.3 is 0 Å². The highest BCUT2D eigenvalue weighted by atomic mass is 127.